The molecular weight excluding hydrogens is 242 g/mol. The Balaban J connectivity index is 3.32. The average molecular weight is 249 g/mol. The average Bonchev–Trinajstić information content (AvgIpc) is 2.12. The second kappa shape index (κ2) is 3.98. The van der Waals surface area contributed by atoms with Crippen molar-refractivity contribution in [1.82, 2.24) is 0 Å². The molecule has 1 unspecified atom stereocenters. The van der Waals surface area contributed by atoms with Gasteiger partial charge in [0.2, 0.25) is 0 Å². The van der Waals surface area contributed by atoms with Crippen LogP contribution < -0.4 is 0 Å². The van der Waals surface area contributed by atoms with E-state index in [9.17, 15) is 13.9 Å². The first-order valence-corrected chi connectivity index (χ1v) is 4.31. The van der Waals surface area contributed by atoms with Gasteiger partial charge in [0.1, 0.15) is 6.10 Å². The van der Waals surface area contributed by atoms with Crippen molar-refractivity contribution in [1.29, 1.82) is 0 Å². The minimum atomic E-state index is -1.20. The molecule has 0 aliphatic heterocycles. The summed E-state index contributed by atoms with van der Waals surface area (Å²) in [4.78, 5) is 0. The fourth-order valence-electron chi connectivity index (χ4n) is 0.932. The van der Waals surface area contributed by atoms with E-state index in [1.54, 1.807) is 0 Å². The summed E-state index contributed by atoms with van der Waals surface area (Å²) >= 11 is 3.01. The van der Waals surface area contributed by atoms with Gasteiger partial charge in [0.05, 0.1) is 0 Å². The number of aliphatic hydroxyl groups is 1. The van der Waals surface area contributed by atoms with Gasteiger partial charge < -0.3 is 5.11 Å². The maximum atomic E-state index is 13.1. The molecule has 0 saturated heterocycles. The molecule has 1 rings (SSSR count). The fraction of sp³-hybridized carbons (Fsp3) is 0.111. The van der Waals surface area contributed by atoms with E-state index in [-0.39, 0.29) is 5.56 Å². The molecule has 1 atom stereocenters. The van der Waals surface area contributed by atoms with E-state index in [0.717, 1.165) is 12.1 Å². The first kappa shape index (κ1) is 10.3. The number of benzene rings is 1. The maximum absolute atomic E-state index is 13.1. The largest absolute Gasteiger partial charge is 0.384 e. The summed E-state index contributed by atoms with van der Waals surface area (Å²) in [6.45, 7) is 3.29. The molecule has 0 heterocycles. The topological polar surface area (TPSA) is 20.2 Å². The van der Waals surface area contributed by atoms with Crippen LogP contribution in [0.15, 0.2) is 29.3 Å². The van der Waals surface area contributed by atoms with Crippen LogP contribution in [0.25, 0.3) is 0 Å². The van der Waals surface area contributed by atoms with Crippen molar-refractivity contribution in [2.45, 2.75) is 6.10 Å². The molecule has 0 saturated carbocycles. The molecule has 0 aliphatic rings. The van der Waals surface area contributed by atoms with E-state index in [1.807, 2.05) is 0 Å². The van der Waals surface area contributed by atoms with Crippen LogP contribution in [0.3, 0.4) is 0 Å². The van der Waals surface area contributed by atoms with Crippen LogP contribution in [0.4, 0.5) is 8.78 Å². The standard InChI is InChI=1S/C9H7BrF2O/c1-2-7(13)8-5(10)3-4-6(11)9(8)12/h2-4,7,13H,1H2. The van der Waals surface area contributed by atoms with E-state index in [4.69, 9.17) is 0 Å². The van der Waals surface area contributed by atoms with E-state index in [0.29, 0.717) is 4.47 Å². The quantitative estimate of drug-likeness (QED) is 0.631. The van der Waals surface area contributed by atoms with E-state index < -0.39 is 17.7 Å². The van der Waals surface area contributed by atoms with E-state index in [1.165, 1.54) is 6.07 Å². The fourth-order valence-corrected chi connectivity index (χ4v) is 1.47. The Morgan fingerprint density at radius 3 is 2.62 bits per heavy atom. The van der Waals surface area contributed by atoms with Crippen LogP contribution in [-0.2, 0) is 0 Å². The van der Waals surface area contributed by atoms with Gasteiger partial charge in [-0.3, -0.25) is 0 Å². The lowest BCUT2D eigenvalue weighted by atomic mass is 10.1. The van der Waals surface area contributed by atoms with Crippen molar-refractivity contribution >= 4 is 15.9 Å². The van der Waals surface area contributed by atoms with Crippen molar-refractivity contribution in [3.8, 4) is 0 Å². The van der Waals surface area contributed by atoms with Gasteiger partial charge in [-0.2, -0.15) is 0 Å². The van der Waals surface area contributed by atoms with Crippen molar-refractivity contribution < 1.29 is 13.9 Å². The highest BCUT2D eigenvalue weighted by Crippen LogP contribution is 2.28. The van der Waals surface area contributed by atoms with Crippen molar-refractivity contribution in [3.63, 3.8) is 0 Å². The van der Waals surface area contributed by atoms with Crippen LogP contribution in [0.5, 0.6) is 0 Å². The maximum Gasteiger partial charge on any atom is 0.166 e. The summed E-state index contributed by atoms with van der Waals surface area (Å²) in [5.41, 5.74) is -0.130. The van der Waals surface area contributed by atoms with Crippen molar-refractivity contribution in [2.24, 2.45) is 0 Å². The highest BCUT2D eigenvalue weighted by molar-refractivity contribution is 9.10. The van der Waals surface area contributed by atoms with Crippen LogP contribution in [0.2, 0.25) is 0 Å². The van der Waals surface area contributed by atoms with Crippen molar-refractivity contribution in [3.05, 3.63) is 46.5 Å². The predicted molar refractivity (Wildman–Crippen MR) is 49.2 cm³/mol. The third kappa shape index (κ3) is 1.95. The lowest BCUT2D eigenvalue weighted by Crippen LogP contribution is -2.00. The van der Waals surface area contributed by atoms with Crippen LogP contribution in [0, 0.1) is 11.6 Å². The number of rotatable bonds is 2. The van der Waals surface area contributed by atoms with Gasteiger partial charge in [0.15, 0.2) is 11.6 Å². The van der Waals surface area contributed by atoms with Gasteiger partial charge in [-0.05, 0) is 12.1 Å². The zero-order valence-electron chi connectivity index (χ0n) is 6.60. The molecule has 0 aromatic heterocycles. The molecule has 1 nitrogen and oxygen atoms in total. The second-order valence-electron chi connectivity index (χ2n) is 2.44. The van der Waals surface area contributed by atoms with Gasteiger partial charge in [-0.15, -0.1) is 6.58 Å². The molecule has 0 bridgehead atoms. The normalized spacial score (nSPS) is 12.6. The van der Waals surface area contributed by atoms with Gasteiger partial charge in [0, 0.05) is 10.0 Å². The highest BCUT2D eigenvalue weighted by Gasteiger charge is 2.16. The highest BCUT2D eigenvalue weighted by atomic mass is 79.9. The molecule has 1 aromatic carbocycles. The Hall–Kier alpha value is -0.740. The van der Waals surface area contributed by atoms with E-state index in [2.05, 4.69) is 22.5 Å². The van der Waals surface area contributed by atoms with Gasteiger partial charge in [-0.1, -0.05) is 22.0 Å². The molecule has 0 aliphatic carbocycles. The summed E-state index contributed by atoms with van der Waals surface area (Å²) in [5.74, 6) is -2.04. The first-order valence-electron chi connectivity index (χ1n) is 3.52. The zero-order chi connectivity index (χ0) is 10.0. The Bertz CT molecular complexity index is 339. The number of halogens is 3. The summed E-state index contributed by atoms with van der Waals surface area (Å²) < 4.78 is 26.1. The lowest BCUT2D eigenvalue weighted by molar-refractivity contribution is 0.221. The van der Waals surface area contributed by atoms with Crippen LogP contribution in [-0.4, -0.2) is 5.11 Å². The molecule has 0 fully saturated rings. The molecule has 70 valence electrons. The molecule has 1 aromatic rings. The summed E-state index contributed by atoms with van der Waals surface area (Å²) in [5, 5.41) is 9.26. The molecular formula is C9H7BrF2O. The summed E-state index contributed by atoms with van der Waals surface area (Å²) in [6.07, 6.45) is -0.0760. The SMILES string of the molecule is C=CC(O)c1c(Br)ccc(F)c1F. The summed E-state index contributed by atoms with van der Waals surface area (Å²) in [7, 11) is 0. The van der Waals surface area contributed by atoms with Gasteiger partial charge in [0.25, 0.3) is 0 Å². The molecule has 13 heavy (non-hydrogen) atoms. The molecule has 0 radical (unpaired) electrons. The second-order valence-corrected chi connectivity index (χ2v) is 3.29. The Labute approximate surface area is 82.8 Å². The molecule has 0 spiro atoms. The first-order chi connectivity index (χ1) is 6.07. The minimum absolute atomic E-state index is 0.130. The van der Waals surface area contributed by atoms with Crippen LogP contribution in [0.1, 0.15) is 11.7 Å². The molecule has 4 heteroatoms. The number of hydrogen-bond acceptors (Lipinski definition) is 1. The van der Waals surface area contributed by atoms with E-state index >= 15 is 0 Å². The van der Waals surface area contributed by atoms with Gasteiger partial charge in [-0.25, -0.2) is 8.78 Å². The molecule has 1 N–H and O–H groups in total. The smallest absolute Gasteiger partial charge is 0.166 e. The third-order valence-corrected chi connectivity index (χ3v) is 2.29. The van der Waals surface area contributed by atoms with Crippen LogP contribution >= 0.6 is 15.9 Å². The predicted octanol–water partition coefficient (Wildman–Crippen LogP) is 2.95. The van der Waals surface area contributed by atoms with Crippen molar-refractivity contribution in [2.75, 3.05) is 0 Å². The monoisotopic (exact) mass is 248 g/mol. The minimum Gasteiger partial charge on any atom is -0.384 e. The lowest BCUT2D eigenvalue weighted by Gasteiger charge is -2.09. The third-order valence-electron chi connectivity index (χ3n) is 1.60. The summed E-state index contributed by atoms with van der Waals surface area (Å²) in [6, 6.07) is 2.32. The Kier molecular flexibility index (Phi) is 3.17. The van der Waals surface area contributed by atoms with Gasteiger partial charge >= 0.3 is 0 Å². The zero-order valence-corrected chi connectivity index (χ0v) is 8.18. The number of hydrogen-bond donors (Lipinski definition) is 1. The Morgan fingerprint density at radius 2 is 2.08 bits per heavy atom. The number of aliphatic hydroxyl groups excluding tert-OH is 1. The Morgan fingerprint density at radius 1 is 1.46 bits per heavy atom. The molecule has 0 amide bonds.